The SMILES string of the molecule is COc1ccc2oc(C(=O)OCC(=O)N3C[C@]4(C)C[C@H]3CC(C)(C)C4)c(C)c2c1. The molecule has 1 aliphatic heterocycles. The predicted molar refractivity (Wildman–Crippen MR) is 109 cm³/mol. The maximum atomic E-state index is 12.8. The number of carbonyl (C=O) groups is 2. The number of amides is 1. The number of carbonyl (C=O) groups excluding carboxylic acids is 2. The molecule has 6 heteroatoms. The zero-order valence-electron chi connectivity index (χ0n) is 17.8. The van der Waals surface area contributed by atoms with Gasteiger partial charge in [0.25, 0.3) is 5.91 Å². The third-order valence-corrected chi connectivity index (χ3v) is 6.39. The molecule has 1 saturated carbocycles. The zero-order chi connectivity index (χ0) is 21.0. The molecule has 1 aromatic carbocycles. The van der Waals surface area contributed by atoms with Crippen LogP contribution in [0.2, 0.25) is 0 Å². The Kier molecular flexibility index (Phi) is 4.63. The number of hydrogen-bond donors (Lipinski definition) is 0. The summed E-state index contributed by atoms with van der Waals surface area (Å²) in [4.78, 5) is 27.3. The molecule has 2 bridgehead atoms. The number of hydrogen-bond acceptors (Lipinski definition) is 5. The molecule has 1 saturated heterocycles. The molecule has 0 N–H and O–H groups in total. The van der Waals surface area contributed by atoms with E-state index in [1.165, 1.54) is 0 Å². The quantitative estimate of drug-likeness (QED) is 0.716. The van der Waals surface area contributed by atoms with Crippen molar-refractivity contribution in [2.75, 3.05) is 20.3 Å². The molecule has 0 radical (unpaired) electrons. The van der Waals surface area contributed by atoms with Gasteiger partial charge in [-0.1, -0.05) is 20.8 Å². The van der Waals surface area contributed by atoms with Gasteiger partial charge in [-0.25, -0.2) is 4.79 Å². The summed E-state index contributed by atoms with van der Waals surface area (Å²) in [5, 5.41) is 0.797. The van der Waals surface area contributed by atoms with Crippen LogP contribution in [0.5, 0.6) is 5.75 Å². The number of aryl methyl sites for hydroxylation is 1. The highest BCUT2D eigenvalue weighted by Gasteiger charge is 2.50. The highest BCUT2D eigenvalue weighted by molar-refractivity contribution is 5.97. The topological polar surface area (TPSA) is 69.0 Å². The van der Waals surface area contributed by atoms with E-state index in [1.54, 1.807) is 26.2 Å². The van der Waals surface area contributed by atoms with Crippen LogP contribution in [-0.2, 0) is 9.53 Å². The van der Waals surface area contributed by atoms with Crippen LogP contribution in [0.15, 0.2) is 22.6 Å². The molecule has 2 fully saturated rings. The number of esters is 1. The van der Waals surface area contributed by atoms with Gasteiger partial charge < -0.3 is 18.8 Å². The summed E-state index contributed by atoms with van der Waals surface area (Å²) in [6, 6.07) is 5.59. The summed E-state index contributed by atoms with van der Waals surface area (Å²) in [5.41, 5.74) is 1.66. The van der Waals surface area contributed by atoms with Gasteiger partial charge in [0.05, 0.1) is 7.11 Å². The van der Waals surface area contributed by atoms with Crippen molar-refractivity contribution in [1.82, 2.24) is 4.90 Å². The third-order valence-electron chi connectivity index (χ3n) is 6.39. The molecule has 0 spiro atoms. The number of methoxy groups -OCH3 is 1. The smallest absolute Gasteiger partial charge is 0.375 e. The second-order valence-electron chi connectivity index (χ2n) is 9.73. The Hall–Kier alpha value is -2.50. The summed E-state index contributed by atoms with van der Waals surface area (Å²) < 4.78 is 16.3. The number of likely N-dealkylation sites (tertiary alicyclic amines) is 1. The molecule has 4 rings (SSSR count). The molecule has 6 nitrogen and oxygen atoms in total. The Morgan fingerprint density at radius 1 is 1.24 bits per heavy atom. The fourth-order valence-electron chi connectivity index (χ4n) is 5.55. The highest BCUT2D eigenvalue weighted by Crippen LogP contribution is 2.52. The number of fused-ring (bicyclic) bond motifs is 3. The number of benzene rings is 1. The number of rotatable bonds is 4. The maximum absolute atomic E-state index is 12.8. The Bertz CT molecular complexity index is 975. The van der Waals surface area contributed by atoms with Gasteiger partial charge in [0.15, 0.2) is 6.61 Å². The molecule has 1 aromatic heterocycles. The fourth-order valence-corrected chi connectivity index (χ4v) is 5.55. The molecule has 1 aliphatic carbocycles. The van der Waals surface area contributed by atoms with Gasteiger partial charge in [-0.3, -0.25) is 4.79 Å². The molecule has 2 aromatic rings. The molecule has 2 heterocycles. The van der Waals surface area contributed by atoms with Gasteiger partial charge in [-0.05, 0) is 55.2 Å². The highest BCUT2D eigenvalue weighted by atomic mass is 16.5. The van der Waals surface area contributed by atoms with Gasteiger partial charge in [0, 0.05) is 23.5 Å². The fraction of sp³-hybridized carbons (Fsp3) is 0.565. The van der Waals surface area contributed by atoms with Crippen LogP contribution in [0.3, 0.4) is 0 Å². The largest absolute Gasteiger partial charge is 0.497 e. The van der Waals surface area contributed by atoms with Crippen molar-refractivity contribution in [2.45, 2.75) is 53.0 Å². The van der Waals surface area contributed by atoms with E-state index in [2.05, 4.69) is 20.8 Å². The van der Waals surface area contributed by atoms with Crippen LogP contribution in [0.4, 0.5) is 0 Å². The van der Waals surface area contributed by atoms with Crippen molar-refractivity contribution in [1.29, 1.82) is 0 Å². The van der Waals surface area contributed by atoms with E-state index in [0.717, 1.165) is 31.2 Å². The third kappa shape index (κ3) is 3.61. The van der Waals surface area contributed by atoms with E-state index in [0.29, 0.717) is 16.9 Å². The Labute approximate surface area is 171 Å². The second-order valence-corrected chi connectivity index (χ2v) is 9.73. The number of furan rings is 1. The van der Waals surface area contributed by atoms with Crippen LogP contribution in [0.25, 0.3) is 11.0 Å². The van der Waals surface area contributed by atoms with Gasteiger partial charge in [0.1, 0.15) is 11.3 Å². The van der Waals surface area contributed by atoms with Crippen molar-refractivity contribution in [3.63, 3.8) is 0 Å². The van der Waals surface area contributed by atoms with Crippen LogP contribution < -0.4 is 4.74 Å². The number of nitrogens with zero attached hydrogens (tertiary/aromatic N) is 1. The first-order valence-electron chi connectivity index (χ1n) is 10.1. The van der Waals surface area contributed by atoms with Crippen LogP contribution in [0, 0.1) is 17.8 Å². The van der Waals surface area contributed by atoms with Crippen molar-refractivity contribution < 1.29 is 23.5 Å². The first-order valence-corrected chi connectivity index (χ1v) is 10.1. The minimum Gasteiger partial charge on any atom is -0.497 e. The molecule has 2 atom stereocenters. The van der Waals surface area contributed by atoms with Gasteiger partial charge >= 0.3 is 5.97 Å². The molecular weight excluding hydrogens is 370 g/mol. The standard InChI is InChI=1S/C23H29NO5/c1-14-17-8-16(27-5)6-7-18(17)29-20(14)21(26)28-11-19(25)24-13-23(4)10-15(24)9-22(2,3)12-23/h6-8,15H,9-13H2,1-5H3/t15-,23-/m1/s1. The molecule has 29 heavy (non-hydrogen) atoms. The summed E-state index contributed by atoms with van der Waals surface area (Å²) >= 11 is 0. The maximum Gasteiger partial charge on any atom is 0.375 e. The Morgan fingerprint density at radius 2 is 2.00 bits per heavy atom. The lowest BCUT2D eigenvalue weighted by molar-refractivity contribution is -0.135. The molecular formula is C23H29NO5. The summed E-state index contributed by atoms with van der Waals surface area (Å²) in [5.74, 6) is 0.0855. The minimum atomic E-state index is -0.611. The summed E-state index contributed by atoms with van der Waals surface area (Å²) in [7, 11) is 1.59. The van der Waals surface area contributed by atoms with Gasteiger partial charge in [-0.2, -0.15) is 0 Å². The van der Waals surface area contributed by atoms with Crippen LogP contribution in [-0.4, -0.2) is 43.1 Å². The first-order chi connectivity index (χ1) is 13.6. The Balaban J connectivity index is 1.44. The van der Waals surface area contributed by atoms with Crippen molar-refractivity contribution >= 4 is 22.8 Å². The Morgan fingerprint density at radius 3 is 2.72 bits per heavy atom. The lowest BCUT2D eigenvalue weighted by atomic mass is 9.65. The lowest BCUT2D eigenvalue weighted by Crippen LogP contribution is -2.39. The van der Waals surface area contributed by atoms with Gasteiger partial charge in [-0.15, -0.1) is 0 Å². The number of ether oxygens (including phenoxy) is 2. The van der Waals surface area contributed by atoms with E-state index in [-0.39, 0.29) is 35.1 Å². The summed E-state index contributed by atoms with van der Waals surface area (Å²) in [6.07, 6.45) is 3.13. The molecule has 1 amide bonds. The van der Waals surface area contributed by atoms with Crippen molar-refractivity contribution in [3.8, 4) is 5.75 Å². The van der Waals surface area contributed by atoms with Gasteiger partial charge in [0.2, 0.25) is 5.76 Å². The normalized spacial score (nSPS) is 25.3. The van der Waals surface area contributed by atoms with Crippen molar-refractivity contribution in [3.05, 3.63) is 29.5 Å². The molecule has 156 valence electrons. The van der Waals surface area contributed by atoms with E-state index in [1.807, 2.05) is 11.0 Å². The molecule has 2 aliphatic rings. The average molecular weight is 399 g/mol. The lowest BCUT2D eigenvalue weighted by Gasteiger charge is -2.39. The minimum absolute atomic E-state index is 0.125. The second kappa shape index (κ2) is 6.78. The predicted octanol–water partition coefficient (Wildman–Crippen LogP) is 4.33. The average Bonchev–Trinajstić information content (AvgIpc) is 3.11. The van der Waals surface area contributed by atoms with Crippen LogP contribution >= 0.6 is 0 Å². The van der Waals surface area contributed by atoms with E-state index >= 15 is 0 Å². The zero-order valence-corrected chi connectivity index (χ0v) is 17.8. The van der Waals surface area contributed by atoms with Crippen LogP contribution in [0.1, 0.15) is 56.2 Å². The van der Waals surface area contributed by atoms with Crippen molar-refractivity contribution in [2.24, 2.45) is 10.8 Å². The van der Waals surface area contributed by atoms with E-state index in [4.69, 9.17) is 13.9 Å². The summed E-state index contributed by atoms with van der Waals surface area (Å²) in [6.45, 7) is 9.07. The monoisotopic (exact) mass is 399 g/mol. The van der Waals surface area contributed by atoms with E-state index < -0.39 is 5.97 Å². The first kappa shape index (κ1) is 19.8. The van der Waals surface area contributed by atoms with E-state index in [9.17, 15) is 9.59 Å². The molecule has 0 unspecified atom stereocenters.